The predicted octanol–water partition coefficient (Wildman–Crippen LogP) is 2.08. The Labute approximate surface area is 137 Å². The molecule has 1 aromatic carbocycles. The number of hydrogen-bond acceptors (Lipinski definition) is 4. The minimum Gasteiger partial charge on any atom is -0.486 e. The zero-order valence-corrected chi connectivity index (χ0v) is 13.6. The van der Waals surface area contributed by atoms with Crippen molar-refractivity contribution in [1.29, 1.82) is 0 Å². The first-order valence-electron chi connectivity index (χ1n) is 7.59. The Hall–Kier alpha value is -1.46. The fraction of sp³-hybridized carbons (Fsp3) is 0.562. The first-order chi connectivity index (χ1) is 10.2. The highest BCUT2D eigenvalue weighted by molar-refractivity contribution is 5.95. The lowest BCUT2D eigenvalue weighted by atomic mass is 9.92. The number of hydrogen-bond donors (Lipinski definition) is 1. The van der Waals surface area contributed by atoms with Crippen LogP contribution in [0.1, 0.15) is 30.1 Å². The second-order valence-corrected chi connectivity index (χ2v) is 5.88. The number of nitrogens with zero attached hydrogens (tertiary/aromatic N) is 1. The normalized spacial score (nSPS) is 23.6. The molecule has 1 aromatic rings. The third-order valence-electron chi connectivity index (χ3n) is 4.30. The van der Waals surface area contributed by atoms with Gasteiger partial charge < -0.3 is 20.1 Å². The second kappa shape index (κ2) is 7.20. The fourth-order valence-electron chi connectivity index (χ4n) is 3.08. The van der Waals surface area contributed by atoms with E-state index in [0.717, 1.165) is 19.4 Å². The minimum absolute atomic E-state index is 0. The van der Waals surface area contributed by atoms with Crippen molar-refractivity contribution in [2.75, 3.05) is 26.3 Å². The van der Waals surface area contributed by atoms with Gasteiger partial charge in [0.1, 0.15) is 13.2 Å². The maximum atomic E-state index is 12.7. The van der Waals surface area contributed by atoms with Gasteiger partial charge in [-0.15, -0.1) is 12.4 Å². The number of likely N-dealkylation sites (tertiary alicyclic amines) is 1. The summed E-state index contributed by atoms with van der Waals surface area (Å²) in [6, 6.07) is 5.53. The molecule has 122 valence electrons. The standard InChI is InChI=1S/C16H22N2O3.ClH/c1-11-4-5-18(13(8-11)10-17)16(19)12-2-3-14-15(9-12)21-7-6-20-14;/h2-3,9,11,13H,4-8,10,17H2,1H3;1H. The molecule has 0 saturated carbocycles. The molecule has 0 bridgehead atoms. The molecule has 1 saturated heterocycles. The van der Waals surface area contributed by atoms with Gasteiger partial charge in [0.2, 0.25) is 0 Å². The molecule has 2 aliphatic rings. The number of fused-ring (bicyclic) bond motifs is 1. The average molecular weight is 327 g/mol. The molecule has 1 amide bonds. The monoisotopic (exact) mass is 326 g/mol. The highest BCUT2D eigenvalue weighted by atomic mass is 35.5. The van der Waals surface area contributed by atoms with Crippen molar-refractivity contribution in [3.63, 3.8) is 0 Å². The predicted molar refractivity (Wildman–Crippen MR) is 87.0 cm³/mol. The van der Waals surface area contributed by atoms with E-state index in [0.29, 0.717) is 42.7 Å². The molecule has 0 radical (unpaired) electrons. The highest BCUT2D eigenvalue weighted by Crippen LogP contribution is 2.32. The van der Waals surface area contributed by atoms with E-state index in [9.17, 15) is 4.79 Å². The molecule has 2 atom stereocenters. The van der Waals surface area contributed by atoms with Crippen LogP contribution in [0.5, 0.6) is 11.5 Å². The summed E-state index contributed by atoms with van der Waals surface area (Å²) < 4.78 is 11.0. The SMILES string of the molecule is CC1CCN(C(=O)c2ccc3c(c2)OCCO3)C(CN)C1.Cl. The van der Waals surface area contributed by atoms with E-state index >= 15 is 0 Å². The van der Waals surface area contributed by atoms with Crippen molar-refractivity contribution < 1.29 is 14.3 Å². The average Bonchev–Trinajstić information content (AvgIpc) is 2.53. The van der Waals surface area contributed by atoms with Crippen LogP contribution in [0.3, 0.4) is 0 Å². The molecule has 1 fully saturated rings. The Bertz CT molecular complexity index is 538. The molecule has 22 heavy (non-hydrogen) atoms. The van der Waals surface area contributed by atoms with Gasteiger partial charge in [-0.2, -0.15) is 0 Å². The van der Waals surface area contributed by atoms with Crippen LogP contribution in [-0.4, -0.2) is 43.2 Å². The number of piperidine rings is 1. The van der Waals surface area contributed by atoms with E-state index in [1.165, 1.54) is 0 Å². The zero-order chi connectivity index (χ0) is 14.8. The lowest BCUT2D eigenvalue weighted by molar-refractivity contribution is 0.0572. The molecule has 2 unspecified atom stereocenters. The molecule has 2 aliphatic heterocycles. The van der Waals surface area contributed by atoms with Crippen LogP contribution in [0.15, 0.2) is 18.2 Å². The molecule has 3 rings (SSSR count). The van der Waals surface area contributed by atoms with Crippen LogP contribution in [0.25, 0.3) is 0 Å². The van der Waals surface area contributed by atoms with E-state index in [-0.39, 0.29) is 24.4 Å². The molecule has 0 spiro atoms. The lowest BCUT2D eigenvalue weighted by Gasteiger charge is -2.38. The summed E-state index contributed by atoms with van der Waals surface area (Å²) in [5.41, 5.74) is 6.49. The zero-order valence-electron chi connectivity index (χ0n) is 12.8. The van der Waals surface area contributed by atoms with Crippen LogP contribution >= 0.6 is 12.4 Å². The van der Waals surface area contributed by atoms with Crippen molar-refractivity contribution in [2.24, 2.45) is 11.7 Å². The number of rotatable bonds is 2. The smallest absolute Gasteiger partial charge is 0.254 e. The number of carbonyl (C=O) groups is 1. The van der Waals surface area contributed by atoms with E-state index < -0.39 is 0 Å². The molecule has 6 heteroatoms. The summed E-state index contributed by atoms with van der Waals surface area (Å²) in [6.07, 6.45) is 2.01. The number of amides is 1. The van der Waals surface area contributed by atoms with E-state index in [1.54, 1.807) is 6.07 Å². The van der Waals surface area contributed by atoms with Gasteiger partial charge in [0.25, 0.3) is 5.91 Å². The van der Waals surface area contributed by atoms with Crippen LogP contribution in [0.4, 0.5) is 0 Å². The largest absolute Gasteiger partial charge is 0.486 e. The van der Waals surface area contributed by atoms with Crippen LogP contribution in [0, 0.1) is 5.92 Å². The quantitative estimate of drug-likeness (QED) is 0.903. The molecular formula is C16H23ClN2O3. The van der Waals surface area contributed by atoms with Gasteiger partial charge in [-0.3, -0.25) is 4.79 Å². The van der Waals surface area contributed by atoms with Crippen molar-refractivity contribution in [2.45, 2.75) is 25.8 Å². The first kappa shape index (κ1) is 16.9. The Kier molecular flexibility index (Phi) is 5.53. The summed E-state index contributed by atoms with van der Waals surface area (Å²) in [4.78, 5) is 14.6. The van der Waals surface area contributed by atoms with Crippen molar-refractivity contribution in [1.82, 2.24) is 4.90 Å². The van der Waals surface area contributed by atoms with Gasteiger partial charge in [0, 0.05) is 24.7 Å². The summed E-state index contributed by atoms with van der Waals surface area (Å²) >= 11 is 0. The molecule has 0 aromatic heterocycles. The summed E-state index contributed by atoms with van der Waals surface area (Å²) in [5.74, 6) is 2.03. The van der Waals surface area contributed by atoms with Gasteiger partial charge in [0.05, 0.1) is 0 Å². The number of ether oxygens (including phenoxy) is 2. The van der Waals surface area contributed by atoms with Crippen LogP contribution in [-0.2, 0) is 0 Å². The summed E-state index contributed by atoms with van der Waals surface area (Å²) in [5, 5.41) is 0. The lowest BCUT2D eigenvalue weighted by Crippen LogP contribution is -2.49. The number of benzene rings is 1. The molecular weight excluding hydrogens is 304 g/mol. The topological polar surface area (TPSA) is 64.8 Å². The third kappa shape index (κ3) is 3.31. The van der Waals surface area contributed by atoms with E-state index in [4.69, 9.17) is 15.2 Å². The molecule has 0 aliphatic carbocycles. The number of carbonyl (C=O) groups excluding carboxylic acids is 1. The maximum Gasteiger partial charge on any atom is 0.254 e. The Morgan fingerprint density at radius 1 is 1.32 bits per heavy atom. The van der Waals surface area contributed by atoms with Gasteiger partial charge in [0.15, 0.2) is 11.5 Å². The van der Waals surface area contributed by atoms with Gasteiger partial charge >= 0.3 is 0 Å². The van der Waals surface area contributed by atoms with E-state index in [1.807, 2.05) is 17.0 Å². The van der Waals surface area contributed by atoms with Gasteiger partial charge in [-0.25, -0.2) is 0 Å². The van der Waals surface area contributed by atoms with Crippen LogP contribution < -0.4 is 15.2 Å². The summed E-state index contributed by atoms with van der Waals surface area (Å²) in [7, 11) is 0. The fourth-order valence-corrected chi connectivity index (χ4v) is 3.08. The minimum atomic E-state index is 0. The maximum absolute atomic E-state index is 12.7. The van der Waals surface area contributed by atoms with Gasteiger partial charge in [-0.1, -0.05) is 6.92 Å². The Morgan fingerprint density at radius 3 is 2.77 bits per heavy atom. The molecule has 2 N–H and O–H groups in total. The highest BCUT2D eigenvalue weighted by Gasteiger charge is 2.30. The Balaban J connectivity index is 0.00000176. The second-order valence-electron chi connectivity index (χ2n) is 5.88. The molecule has 2 heterocycles. The van der Waals surface area contributed by atoms with Crippen molar-refractivity contribution >= 4 is 18.3 Å². The first-order valence-corrected chi connectivity index (χ1v) is 7.59. The summed E-state index contributed by atoms with van der Waals surface area (Å²) in [6.45, 7) is 4.59. The third-order valence-corrected chi connectivity index (χ3v) is 4.30. The van der Waals surface area contributed by atoms with Crippen LogP contribution in [0.2, 0.25) is 0 Å². The number of halogens is 1. The van der Waals surface area contributed by atoms with Crippen molar-refractivity contribution in [3.05, 3.63) is 23.8 Å². The van der Waals surface area contributed by atoms with Crippen molar-refractivity contribution in [3.8, 4) is 11.5 Å². The Morgan fingerprint density at radius 2 is 2.05 bits per heavy atom. The number of nitrogens with two attached hydrogens (primary N) is 1. The van der Waals surface area contributed by atoms with Gasteiger partial charge in [-0.05, 0) is 37.0 Å². The van der Waals surface area contributed by atoms with E-state index in [2.05, 4.69) is 6.92 Å². The molecule has 5 nitrogen and oxygen atoms in total.